The van der Waals surface area contributed by atoms with Gasteiger partial charge in [-0.1, -0.05) is 30.5 Å². The fourth-order valence-electron chi connectivity index (χ4n) is 3.11. The summed E-state index contributed by atoms with van der Waals surface area (Å²) in [5, 5.41) is 0. The van der Waals surface area contributed by atoms with E-state index < -0.39 is 0 Å². The molecule has 0 spiro atoms. The molecule has 3 heteroatoms. The normalized spacial score (nSPS) is 27.5. The van der Waals surface area contributed by atoms with Gasteiger partial charge in [-0.3, -0.25) is 14.5 Å². The number of imide groups is 1. The van der Waals surface area contributed by atoms with Gasteiger partial charge in [0.15, 0.2) is 0 Å². The summed E-state index contributed by atoms with van der Waals surface area (Å²) >= 11 is 0. The van der Waals surface area contributed by atoms with Gasteiger partial charge in [-0.05, 0) is 31.9 Å². The Bertz CT molecular complexity index is 468. The molecule has 0 N–H and O–H groups in total. The molecule has 0 radical (unpaired) electrons. The van der Waals surface area contributed by atoms with E-state index in [1.54, 1.807) is 0 Å². The maximum absolute atomic E-state index is 12.3. The molecule has 1 saturated heterocycles. The van der Waals surface area contributed by atoms with Gasteiger partial charge >= 0.3 is 0 Å². The predicted octanol–water partition coefficient (Wildman–Crippen LogP) is 2.67. The van der Waals surface area contributed by atoms with E-state index in [0.717, 1.165) is 36.9 Å². The Balaban J connectivity index is 1.95. The SMILES string of the molecule is Cc1ccc(N2C(=O)[C@H]3CCCC[C@H]3C2=O)cc1. The number of amides is 2. The van der Waals surface area contributed by atoms with Gasteiger partial charge in [-0.25, -0.2) is 0 Å². The van der Waals surface area contributed by atoms with Crippen molar-refractivity contribution in [2.24, 2.45) is 11.8 Å². The minimum absolute atomic E-state index is 0.00792. The number of nitrogens with zero attached hydrogens (tertiary/aromatic N) is 1. The molecule has 3 rings (SSSR count). The summed E-state index contributed by atoms with van der Waals surface area (Å²) in [6, 6.07) is 7.61. The lowest BCUT2D eigenvalue weighted by molar-refractivity contribution is -0.122. The van der Waals surface area contributed by atoms with Gasteiger partial charge in [-0.15, -0.1) is 0 Å². The summed E-state index contributed by atoms with van der Waals surface area (Å²) < 4.78 is 0. The molecule has 2 fully saturated rings. The molecule has 2 atom stereocenters. The molecule has 3 nitrogen and oxygen atoms in total. The second-order valence-corrected chi connectivity index (χ2v) is 5.34. The van der Waals surface area contributed by atoms with Crippen LogP contribution in [0.2, 0.25) is 0 Å². The predicted molar refractivity (Wildman–Crippen MR) is 69.1 cm³/mol. The van der Waals surface area contributed by atoms with Crippen LogP contribution in [0.1, 0.15) is 31.2 Å². The largest absolute Gasteiger partial charge is 0.274 e. The van der Waals surface area contributed by atoms with Gasteiger partial charge in [0.2, 0.25) is 11.8 Å². The second kappa shape index (κ2) is 4.23. The minimum atomic E-state index is -0.0625. The molecule has 1 aromatic rings. The van der Waals surface area contributed by atoms with Crippen molar-refractivity contribution in [3.8, 4) is 0 Å². The summed E-state index contributed by atoms with van der Waals surface area (Å²) in [6.45, 7) is 2.00. The summed E-state index contributed by atoms with van der Waals surface area (Å²) in [5.41, 5.74) is 1.86. The van der Waals surface area contributed by atoms with Crippen LogP contribution in [0, 0.1) is 18.8 Å². The number of benzene rings is 1. The van der Waals surface area contributed by atoms with Crippen LogP contribution in [0.3, 0.4) is 0 Å². The van der Waals surface area contributed by atoms with Gasteiger partial charge in [-0.2, -0.15) is 0 Å². The molecule has 0 bridgehead atoms. The van der Waals surface area contributed by atoms with Crippen molar-refractivity contribution >= 4 is 17.5 Å². The number of aryl methyl sites for hydroxylation is 1. The van der Waals surface area contributed by atoms with E-state index in [0.29, 0.717) is 0 Å². The van der Waals surface area contributed by atoms with E-state index in [9.17, 15) is 9.59 Å². The van der Waals surface area contributed by atoms with E-state index in [2.05, 4.69) is 0 Å². The van der Waals surface area contributed by atoms with Crippen LogP contribution in [-0.2, 0) is 9.59 Å². The molecule has 1 saturated carbocycles. The summed E-state index contributed by atoms with van der Waals surface area (Å²) in [4.78, 5) is 26.1. The van der Waals surface area contributed by atoms with Crippen LogP contribution in [0.25, 0.3) is 0 Å². The monoisotopic (exact) mass is 243 g/mol. The van der Waals surface area contributed by atoms with Crippen LogP contribution in [0.5, 0.6) is 0 Å². The highest BCUT2D eigenvalue weighted by atomic mass is 16.2. The average Bonchev–Trinajstić information content (AvgIpc) is 2.64. The summed E-state index contributed by atoms with van der Waals surface area (Å²) in [5.74, 6) is -0.109. The smallest absolute Gasteiger partial charge is 0.237 e. The lowest BCUT2D eigenvalue weighted by Crippen LogP contribution is -2.30. The van der Waals surface area contributed by atoms with Gasteiger partial charge < -0.3 is 0 Å². The summed E-state index contributed by atoms with van der Waals surface area (Å²) in [6.07, 6.45) is 3.89. The molecule has 1 aromatic carbocycles. The molecule has 1 heterocycles. The number of hydrogen-bond acceptors (Lipinski definition) is 2. The number of hydrogen-bond donors (Lipinski definition) is 0. The standard InChI is InChI=1S/C15H17NO2/c1-10-6-8-11(9-7-10)16-14(17)12-4-2-3-5-13(12)15(16)18/h6-9,12-13H,2-5H2,1H3/t12-,13+. The Morgan fingerprint density at radius 3 is 1.94 bits per heavy atom. The molecule has 18 heavy (non-hydrogen) atoms. The number of carbonyl (C=O) groups is 2. The first-order chi connectivity index (χ1) is 8.68. The Morgan fingerprint density at radius 1 is 0.944 bits per heavy atom. The fourth-order valence-corrected chi connectivity index (χ4v) is 3.11. The number of anilines is 1. The Labute approximate surface area is 107 Å². The van der Waals surface area contributed by atoms with Gasteiger partial charge in [0.1, 0.15) is 0 Å². The third-order valence-corrected chi connectivity index (χ3v) is 4.13. The first-order valence-corrected chi connectivity index (χ1v) is 6.63. The van der Waals surface area contributed by atoms with Gasteiger partial charge in [0.05, 0.1) is 17.5 Å². The molecule has 1 aliphatic heterocycles. The number of rotatable bonds is 1. The van der Waals surface area contributed by atoms with Crippen LogP contribution in [0.4, 0.5) is 5.69 Å². The highest BCUT2D eigenvalue weighted by Crippen LogP contribution is 2.39. The highest BCUT2D eigenvalue weighted by Gasteiger charge is 2.48. The van der Waals surface area contributed by atoms with E-state index in [1.165, 1.54) is 4.90 Å². The topological polar surface area (TPSA) is 37.4 Å². The van der Waals surface area contributed by atoms with Crippen LogP contribution < -0.4 is 4.90 Å². The van der Waals surface area contributed by atoms with Crippen LogP contribution >= 0.6 is 0 Å². The van der Waals surface area contributed by atoms with Crippen molar-refractivity contribution in [2.75, 3.05) is 4.90 Å². The van der Waals surface area contributed by atoms with E-state index in [4.69, 9.17) is 0 Å². The van der Waals surface area contributed by atoms with Crippen molar-refractivity contribution in [2.45, 2.75) is 32.6 Å². The Hall–Kier alpha value is -1.64. The zero-order chi connectivity index (χ0) is 12.7. The molecule has 1 aliphatic carbocycles. The third-order valence-electron chi connectivity index (χ3n) is 4.13. The first kappa shape index (κ1) is 11.5. The van der Waals surface area contributed by atoms with Crippen molar-refractivity contribution in [1.29, 1.82) is 0 Å². The van der Waals surface area contributed by atoms with Crippen LogP contribution in [0.15, 0.2) is 24.3 Å². The van der Waals surface area contributed by atoms with Crippen LogP contribution in [-0.4, -0.2) is 11.8 Å². The van der Waals surface area contributed by atoms with Gasteiger partial charge in [0, 0.05) is 0 Å². The Morgan fingerprint density at radius 2 is 1.44 bits per heavy atom. The fraction of sp³-hybridized carbons (Fsp3) is 0.467. The minimum Gasteiger partial charge on any atom is -0.274 e. The second-order valence-electron chi connectivity index (χ2n) is 5.34. The lowest BCUT2D eigenvalue weighted by atomic mass is 9.81. The third kappa shape index (κ3) is 1.65. The van der Waals surface area contributed by atoms with E-state index in [1.807, 2.05) is 31.2 Å². The molecule has 94 valence electrons. The lowest BCUT2D eigenvalue weighted by Gasteiger charge is -2.19. The van der Waals surface area contributed by atoms with Crippen molar-refractivity contribution in [3.05, 3.63) is 29.8 Å². The van der Waals surface area contributed by atoms with Crippen molar-refractivity contribution in [3.63, 3.8) is 0 Å². The molecule has 2 amide bonds. The first-order valence-electron chi connectivity index (χ1n) is 6.63. The van der Waals surface area contributed by atoms with Gasteiger partial charge in [0.25, 0.3) is 0 Å². The molecule has 2 aliphatic rings. The average molecular weight is 243 g/mol. The van der Waals surface area contributed by atoms with Crippen molar-refractivity contribution in [1.82, 2.24) is 0 Å². The summed E-state index contributed by atoms with van der Waals surface area (Å²) in [7, 11) is 0. The zero-order valence-corrected chi connectivity index (χ0v) is 10.6. The van der Waals surface area contributed by atoms with E-state index in [-0.39, 0.29) is 23.7 Å². The molecule has 0 unspecified atom stereocenters. The maximum atomic E-state index is 12.3. The number of carbonyl (C=O) groups excluding carboxylic acids is 2. The number of fused-ring (bicyclic) bond motifs is 1. The highest BCUT2D eigenvalue weighted by molar-refractivity contribution is 6.22. The van der Waals surface area contributed by atoms with Crippen molar-refractivity contribution < 1.29 is 9.59 Å². The molecular weight excluding hydrogens is 226 g/mol. The maximum Gasteiger partial charge on any atom is 0.237 e. The Kier molecular flexibility index (Phi) is 2.69. The molecular formula is C15H17NO2. The molecule has 0 aromatic heterocycles. The zero-order valence-electron chi connectivity index (χ0n) is 10.6. The quantitative estimate of drug-likeness (QED) is 0.711. The van der Waals surface area contributed by atoms with E-state index >= 15 is 0 Å².